The molecule has 1 saturated heterocycles. The molecule has 2 N–H and O–H groups in total. The summed E-state index contributed by atoms with van der Waals surface area (Å²) in [4.78, 5) is 4.52. The summed E-state index contributed by atoms with van der Waals surface area (Å²) in [5, 5.41) is 12.7. The summed E-state index contributed by atoms with van der Waals surface area (Å²) in [7, 11) is 0. The summed E-state index contributed by atoms with van der Waals surface area (Å²) in [6.07, 6.45) is 7.76. The molecule has 0 radical (unpaired) electrons. The lowest BCUT2D eigenvalue weighted by atomic mass is 10.0. The largest absolute Gasteiger partial charge is 0.392 e. The highest BCUT2D eigenvalue weighted by Gasteiger charge is 2.15. The fourth-order valence-electron chi connectivity index (χ4n) is 2.75. The Balaban J connectivity index is 1.88. The minimum absolute atomic E-state index is 0.195. The van der Waals surface area contributed by atoms with Gasteiger partial charge in [-0.25, -0.2) is 9.37 Å². The van der Waals surface area contributed by atoms with Crippen molar-refractivity contribution in [3.8, 4) is 0 Å². The van der Waals surface area contributed by atoms with E-state index >= 15 is 0 Å². The number of pyridine rings is 1. The van der Waals surface area contributed by atoms with E-state index in [0.717, 1.165) is 25.1 Å². The molecule has 0 aromatic carbocycles. The van der Waals surface area contributed by atoms with Crippen LogP contribution < -0.4 is 5.32 Å². The number of aliphatic hydroxyl groups excluding tert-OH is 1. The summed E-state index contributed by atoms with van der Waals surface area (Å²) in [5.41, 5.74) is 2.12. The number of rotatable bonds is 3. The molecule has 4 nitrogen and oxygen atoms in total. The van der Waals surface area contributed by atoms with Crippen molar-refractivity contribution in [3.63, 3.8) is 0 Å². The molecule has 3 heterocycles. The first-order valence-corrected chi connectivity index (χ1v) is 6.76. The first-order chi connectivity index (χ1) is 9.26. The average molecular weight is 263 g/mol. The van der Waals surface area contributed by atoms with Crippen LogP contribution in [0, 0.1) is 5.82 Å². The minimum Gasteiger partial charge on any atom is -0.392 e. The highest BCUT2D eigenvalue weighted by Crippen LogP contribution is 2.16. The smallest absolute Gasteiger partial charge is 0.142 e. The van der Waals surface area contributed by atoms with E-state index in [2.05, 4.69) is 10.3 Å². The van der Waals surface area contributed by atoms with Crippen LogP contribution in [0.25, 0.3) is 5.65 Å². The maximum absolute atomic E-state index is 13.4. The maximum atomic E-state index is 13.4. The number of halogens is 1. The van der Waals surface area contributed by atoms with E-state index in [9.17, 15) is 9.50 Å². The number of aliphatic hydroxyl groups is 1. The normalized spacial score (nSPS) is 20.0. The van der Waals surface area contributed by atoms with Gasteiger partial charge in [0.2, 0.25) is 0 Å². The molecule has 1 atom stereocenters. The Morgan fingerprint density at radius 1 is 1.42 bits per heavy atom. The summed E-state index contributed by atoms with van der Waals surface area (Å²) < 4.78 is 15.0. The summed E-state index contributed by atoms with van der Waals surface area (Å²) in [6.45, 7) is 0.869. The van der Waals surface area contributed by atoms with Gasteiger partial charge in [0.15, 0.2) is 0 Å². The first kappa shape index (κ1) is 12.6. The van der Waals surface area contributed by atoms with E-state index in [1.165, 1.54) is 25.1 Å². The van der Waals surface area contributed by atoms with Crippen molar-refractivity contribution in [3.05, 3.63) is 35.5 Å². The molecule has 1 unspecified atom stereocenters. The van der Waals surface area contributed by atoms with Gasteiger partial charge in [-0.15, -0.1) is 0 Å². The number of nitrogens with one attached hydrogen (secondary N) is 1. The number of nitrogens with zero attached hydrogens (tertiary/aromatic N) is 2. The lowest BCUT2D eigenvalue weighted by Crippen LogP contribution is -2.35. The number of piperidine rings is 1. The maximum Gasteiger partial charge on any atom is 0.142 e. The fraction of sp³-hybridized carbons (Fsp3) is 0.500. The second-order valence-corrected chi connectivity index (χ2v) is 5.16. The van der Waals surface area contributed by atoms with E-state index in [0.29, 0.717) is 17.3 Å². The van der Waals surface area contributed by atoms with Crippen LogP contribution in [0.15, 0.2) is 18.5 Å². The molecule has 0 bridgehead atoms. The van der Waals surface area contributed by atoms with Gasteiger partial charge < -0.3 is 14.8 Å². The molecule has 0 amide bonds. The Hall–Kier alpha value is -1.46. The van der Waals surface area contributed by atoms with E-state index in [1.54, 1.807) is 4.40 Å². The van der Waals surface area contributed by atoms with Crippen LogP contribution in [0.3, 0.4) is 0 Å². The number of aromatic nitrogens is 2. The second kappa shape index (κ2) is 5.27. The molecule has 1 aliphatic heterocycles. The predicted molar refractivity (Wildman–Crippen MR) is 70.4 cm³/mol. The molecule has 0 saturated carbocycles. The van der Waals surface area contributed by atoms with Gasteiger partial charge in [-0.1, -0.05) is 6.42 Å². The van der Waals surface area contributed by atoms with Crippen molar-refractivity contribution in [1.82, 2.24) is 14.7 Å². The third-order valence-electron chi connectivity index (χ3n) is 3.68. The van der Waals surface area contributed by atoms with E-state index in [-0.39, 0.29) is 12.4 Å². The van der Waals surface area contributed by atoms with Crippen LogP contribution >= 0.6 is 0 Å². The Labute approximate surface area is 111 Å². The highest BCUT2D eigenvalue weighted by molar-refractivity contribution is 5.48. The summed E-state index contributed by atoms with van der Waals surface area (Å²) in [5.74, 6) is -0.351. The van der Waals surface area contributed by atoms with Crippen molar-refractivity contribution in [2.75, 3.05) is 6.54 Å². The van der Waals surface area contributed by atoms with Gasteiger partial charge in [-0.2, -0.15) is 0 Å². The Morgan fingerprint density at radius 3 is 3.05 bits per heavy atom. The third-order valence-corrected chi connectivity index (χ3v) is 3.68. The van der Waals surface area contributed by atoms with Crippen molar-refractivity contribution < 1.29 is 9.50 Å². The monoisotopic (exact) mass is 263 g/mol. The van der Waals surface area contributed by atoms with Crippen LogP contribution in [0.1, 0.15) is 30.5 Å². The van der Waals surface area contributed by atoms with E-state index in [4.69, 9.17) is 0 Å². The predicted octanol–water partition coefficient (Wildman–Crippen LogP) is 1.65. The van der Waals surface area contributed by atoms with Crippen LogP contribution in [-0.2, 0) is 13.0 Å². The number of imidazole rings is 1. The number of hydrogen-bond donors (Lipinski definition) is 2. The topological polar surface area (TPSA) is 49.6 Å². The van der Waals surface area contributed by atoms with Crippen molar-refractivity contribution in [1.29, 1.82) is 0 Å². The molecular weight excluding hydrogens is 245 g/mol. The molecule has 2 aromatic heterocycles. The molecule has 2 aromatic rings. The van der Waals surface area contributed by atoms with Gasteiger partial charge >= 0.3 is 0 Å². The number of fused-ring (bicyclic) bond motifs is 1. The molecular formula is C14H18FN3O. The van der Waals surface area contributed by atoms with Crippen molar-refractivity contribution in [2.45, 2.75) is 38.3 Å². The third kappa shape index (κ3) is 2.62. The Bertz CT molecular complexity index is 575. The zero-order valence-electron chi connectivity index (χ0n) is 10.8. The second-order valence-electron chi connectivity index (χ2n) is 5.16. The standard InChI is InChI=1S/C14H18FN3O/c15-11-5-10(9-19)14-17-13(8-18(14)7-11)6-12-3-1-2-4-16-12/h5,7-8,12,16,19H,1-4,6,9H2. The number of hydrogen-bond acceptors (Lipinski definition) is 3. The van der Waals surface area contributed by atoms with E-state index < -0.39 is 0 Å². The van der Waals surface area contributed by atoms with E-state index in [1.807, 2.05) is 6.20 Å². The van der Waals surface area contributed by atoms with Crippen LogP contribution in [-0.4, -0.2) is 27.1 Å². The lowest BCUT2D eigenvalue weighted by Gasteiger charge is -2.22. The van der Waals surface area contributed by atoms with Gasteiger partial charge in [0.05, 0.1) is 12.3 Å². The molecule has 1 fully saturated rings. The molecule has 0 spiro atoms. The first-order valence-electron chi connectivity index (χ1n) is 6.76. The molecule has 3 rings (SSSR count). The highest BCUT2D eigenvalue weighted by atomic mass is 19.1. The zero-order chi connectivity index (χ0) is 13.2. The van der Waals surface area contributed by atoms with Crippen LogP contribution in [0.5, 0.6) is 0 Å². The summed E-state index contributed by atoms with van der Waals surface area (Å²) >= 11 is 0. The van der Waals surface area contributed by atoms with Gasteiger partial charge in [0.25, 0.3) is 0 Å². The van der Waals surface area contributed by atoms with Crippen molar-refractivity contribution in [2.24, 2.45) is 0 Å². The lowest BCUT2D eigenvalue weighted by molar-refractivity contribution is 0.282. The van der Waals surface area contributed by atoms with Gasteiger partial charge in [0.1, 0.15) is 11.5 Å². The zero-order valence-corrected chi connectivity index (χ0v) is 10.8. The SMILES string of the molecule is OCc1cc(F)cn2cc(CC3CCCCN3)nc12. The van der Waals surface area contributed by atoms with Gasteiger partial charge in [-0.3, -0.25) is 0 Å². The molecule has 0 aliphatic carbocycles. The van der Waals surface area contributed by atoms with Crippen LogP contribution in [0.4, 0.5) is 4.39 Å². The van der Waals surface area contributed by atoms with Gasteiger partial charge in [0, 0.05) is 30.4 Å². The average Bonchev–Trinajstić information content (AvgIpc) is 2.81. The molecule has 102 valence electrons. The quantitative estimate of drug-likeness (QED) is 0.885. The van der Waals surface area contributed by atoms with Gasteiger partial charge in [-0.05, 0) is 25.5 Å². The fourth-order valence-corrected chi connectivity index (χ4v) is 2.75. The van der Waals surface area contributed by atoms with Crippen LogP contribution in [0.2, 0.25) is 0 Å². The molecule has 1 aliphatic rings. The minimum atomic E-state index is -0.351. The molecule has 5 heteroatoms. The van der Waals surface area contributed by atoms with Crippen molar-refractivity contribution >= 4 is 5.65 Å². The summed E-state index contributed by atoms with van der Waals surface area (Å²) in [6, 6.07) is 1.80. The molecule has 19 heavy (non-hydrogen) atoms. The Morgan fingerprint density at radius 2 is 2.32 bits per heavy atom. The Kier molecular flexibility index (Phi) is 3.48.